The monoisotopic (exact) mass is 293 g/mol. The highest BCUT2D eigenvalue weighted by Crippen LogP contribution is 2.27. The average molecular weight is 294 g/mol. The van der Waals surface area contributed by atoms with Gasteiger partial charge in [-0.15, -0.1) is 0 Å². The van der Waals surface area contributed by atoms with E-state index in [9.17, 15) is 0 Å². The smallest absolute Gasteiger partial charge is 0.0439 e. The first-order chi connectivity index (χ1) is 9.10. The molecule has 2 aromatic carbocycles. The molecule has 0 aromatic heterocycles. The lowest BCUT2D eigenvalue weighted by Gasteiger charge is -2.17. The molecule has 0 amide bonds. The van der Waals surface area contributed by atoms with E-state index in [1.165, 1.54) is 11.1 Å². The van der Waals surface area contributed by atoms with Crippen LogP contribution in [0.1, 0.15) is 22.6 Å². The number of benzene rings is 2. The molecule has 0 aliphatic heterocycles. The molecule has 3 heteroatoms. The lowest BCUT2D eigenvalue weighted by molar-refractivity contribution is 0.694. The third-order valence-electron chi connectivity index (χ3n) is 3.27. The Balaban J connectivity index is 2.26. The first-order valence-corrected chi connectivity index (χ1v) is 7.06. The molecule has 0 fully saturated rings. The summed E-state index contributed by atoms with van der Waals surface area (Å²) in [5.41, 5.74) is 9.45. The number of rotatable bonds is 4. The summed E-state index contributed by atoms with van der Waals surface area (Å²) in [6.07, 6.45) is 0.805. The van der Waals surface area contributed by atoms with Crippen molar-refractivity contribution >= 4 is 23.2 Å². The SMILES string of the molecule is Cc1cccc(C(CN)Cc2cc(Cl)ccc2Cl)c1. The third kappa shape index (κ3) is 3.73. The first kappa shape index (κ1) is 14.4. The van der Waals surface area contributed by atoms with Crippen LogP contribution >= 0.6 is 23.2 Å². The van der Waals surface area contributed by atoms with Gasteiger partial charge >= 0.3 is 0 Å². The molecule has 0 radical (unpaired) electrons. The Bertz CT molecular complexity index is 566. The van der Waals surface area contributed by atoms with Gasteiger partial charge in [-0.05, 0) is 49.2 Å². The van der Waals surface area contributed by atoms with Gasteiger partial charge in [0, 0.05) is 16.0 Å². The van der Waals surface area contributed by atoms with E-state index in [0.717, 1.165) is 17.0 Å². The van der Waals surface area contributed by atoms with Crippen LogP contribution in [0.4, 0.5) is 0 Å². The minimum absolute atomic E-state index is 0.260. The Labute approximate surface area is 124 Å². The van der Waals surface area contributed by atoms with Gasteiger partial charge in [0.1, 0.15) is 0 Å². The van der Waals surface area contributed by atoms with E-state index in [2.05, 4.69) is 31.2 Å². The van der Waals surface area contributed by atoms with Crippen LogP contribution in [0.15, 0.2) is 42.5 Å². The van der Waals surface area contributed by atoms with Crippen LogP contribution in [-0.2, 0) is 6.42 Å². The maximum atomic E-state index is 6.22. The van der Waals surface area contributed by atoms with Gasteiger partial charge < -0.3 is 5.73 Å². The Kier molecular flexibility index (Phi) is 4.87. The molecule has 0 spiro atoms. The maximum Gasteiger partial charge on any atom is 0.0439 e. The summed E-state index contributed by atoms with van der Waals surface area (Å²) in [5, 5.41) is 1.45. The zero-order valence-electron chi connectivity index (χ0n) is 10.9. The summed E-state index contributed by atoms with van der Waals surface area (Å²) in [5.74, 6) is 0.260. The molecule has 1 atom stereocenters. The van der Waals surface area contributed by atoms with Gasteiger partial charge in [-0.3, -0.25) is 0 Å². The second-order valence-corrected chi connectivity index (χ2v) is 5.63. The topological polar surface area (TPSA) is 26.0 Å². The number of halogens is 2. The summed E-state index contributed by atoms with van der Waals surface area (Å²) in [4.78, 5) is 0. The van der Waals surface area contributed by atoms with E-state index in [0.29, 0.717) is 11.6 Å². The molecule has 19 heavy (non-hydrogen) atoms. The van der Waals surface area contributed by atoms with Crippen LogP contribution in [0.25, 0.3) is 0 Å². The Morgan fingerprint density at radius 1 is 1.11 bits per heavy atom. The standard InChI is InChI=1S/C16H17Cl2N/c1-11-3-2-4-12(7-11)14(10-19)8-13-9-15(17)5-6-16(13)18/h2-7,9,14H,8,10,19H2,1H3. The number of aryl methyl sites for hydroxylation is 1. The van der Waals surface area contributed by atoms with Crippen LogP contribution in [0.5, 0.6) is 0 Å². The van der Waals surface area contributed by atoms with Gasteiger partial charge in [-0.2, -0.15) is 0 Å². The summed E-state index contributed by atoms with van der Waals surface area (Å²) in [6.45, 7) is 2.68. The zero-order valence-corrected chi connectivity index (χ0v) is 12.4. The Morgan fingerprint density at radius 3 is 2.58 bits per heavy atom. The van der Waals surface area contributed by atoms with Crippen molar-refractivity contribution in [3.8, 4) is 0 Å². The van der Waals surface area contributed by atoms with Crippen LogP contribution in [0.3, 0.4) is 0 Å². The largest absolute Gasteiger partial charge is 0.330 e. The van der Waals surface area contributed by atoms with Crippen molar-refractivity contribution in [3.63, 3.8) is 0 Å². The minimum atomic E-state index is 0.260. The number of nitrogens with two attached hydrogens (primary N) is 1. The lowest BCUT2D eigenvalue weighted by atomic mass is 9.91. The molecule has 2 N–H and O–H groups in total. The van der Waals surface area contributed by atoms with E-state index < -0.39 is 0 Å². The molecular formula is C16H17Cl2N. The maximum absolute atomic E-state index is 6.22. The summed E-state index contributed by atoms with van der Waals surface area (Å²) in [7, 11) is 0. The summed E-state index contributed by atoms with van der Waals surface area (Å²) < 4.78 is 0. The van der Waals surface area contributed by atoms with Crippen molar-refractivity contribution in [1.82, 2.24) is 0 Å². The molecule has 1 unspecified atom stereocenters. The van der Waals surface area contributed by atoms with Crippen LogP contribution in [0.2, 0.25) is 10.0 Å². The summed E-state index contributed by atoms with van der Waals surface area (Å²) in [6, 6.07) is 14.0. The fraction of sp³-hybridized carbons (Fsp3) is 0.250. The molecule has 0 saturated heterocycles. The molecule has 0 heterocycles. The highest BCUT2D eigenvalue weighted by atomic mass is 35.5. The van der Waals surface area contributed by atoms with E-state index in [-0.39, 0.29) is 5.92 Å². The quantitative estimate of drug-likeness (QED) is 0.877. The van der Waals surface area contributed by atoms with E-state index >= 15 is 0 Å². The highest BCUT2D eigenvalue weighted by Gasteiger charge is 2.13. The molecule has 100 valence electrons. The molecule has 2 rings (SSSR count). The van der Waals surface area contributed by atoms with E-state index in [1.54, 1.807) is 6.07 Å². The molecule has 1 nitrogen and oxygen atoms in total. The van der Waals surface area contributed by atoms with Crippen molar-refractivity contribution in [2.75, 3.05) is 6.54 Å². The lowest BCUT2D eigenvalue weighted by Crippen LogP contribution is -2.15. The van der Waals surface area contributed by atoms with Crippen molar-refractivity contribution in [1.29, 1.82) is 0 Å². The van der Waals surface area contributed by atoms with Crippen molar-refractivity contribution in [2.45, 2.75) is 19.3 Å². The molecule has 2 aromatic rings. The first-order valence-electron chi connectivity index (χ1n) is 6.30. The Morgan fingerprint density at radius 2 is 1.89 bits per heavy atom. The van der Waals surface area contributed by atoms with Gasteiger partial charge in [-0.1, -0.05) is 53.0 Å². The van der Waals surface area contributed by atoms with E-state index in [1.807, 2.05) is 12.1 Å². The van der Waals surface area contributed by atoms with Crippen LogP contribution in [0, 0.1) is 6.92 Å². The molecule has 0 aliphatic carbocycles. The zero-order chi connectivity index (χ0) is 13.8. The van der Waals surface area contributed by atoms with Gasteiger partial charge in [0.05, 0.1) is 0 Å². The second-order valence-electron chi connectivity index (χ2n) is 4.79. The van der Waals surface area contributed by atoms with Crippen molar-refractivity contribution < 1.29 is 0 Å². The fourth-order valence-corrected chi connectivity index (χ4v) is 2.62. The average Bonchev–Trinajstić information content (AvgIpc) is 2.39. The van der Waals surface area contributed by atoms with Crippen molar-refractivity contribution in [2.24, 2.45) is 5.73 Å². The van der Waals surface area contributed by atoms with Crippen LogP contribution in [-0.4, -0.2) is 6.54 Å². The fourth-order valence-electron chi connectivity index (χ4n) is 2.23. The third-order valence-corrected chi connectivity index (χ3v) is 3.88. The number of hydrogen-bond donors (Lipinski definition) is 1. The predicted molar refractivity (Wildman–Crippen MR) is 83.1 cm³/mol. The second kappa shape index (κ2) is 6.42. The normalized spacial score (nSPS) is 12.4. The Hall–Kier alpha value is -1.02. The molecule has 0 aliphatic rings. The predicted octanol–water partition coefficient (Wildman–Crippen LogP) is 4.59. The van der Waals surface area contributed by atoms with Crippen molar-refractivity contribution in [3.05, 3.63) is 69.2 Å². The number of hydrogen-bond acceptors (Lipinski definition) is 1. The molecular weight excluding hydrogens is 277 g/mol. The molecule has 0 bridgehead atoms. The van der Waals surface area contributed by atoms with Gasteiger partial charge in [-0.25, -0.2) is 0 Å². The minimum Gasteiger partial charge on any atom is -0.330 e. The van der Waals surface area contributed by atoms with Crippen LogP contribution < -0.4 is 5.73 Å². The highest BCUT2D eigenvalue weighted by molar-refractivity contribution is 6.33. The van der Waals surface area contributed by atoms with Gasteiger partial charge in [0.15, 0.2) is 0 Å². The summed E-state index contributed by atoms with van der Waals surface area (Å²) >= 11 is 12.2. The van der Waals surface area contributed by atoms with Gasteiger partial charge in [0.25, 0.3) is 0 Å². The molecule has 0 saturated carbocycles. The van der Waals surface area contributed by atoms with Gasteiger partial charge in [0.2, 0.25) is 0 Å². The van der Waals surface area contributed by atoms with E-state index in [4.69, 9.17) is 28.9 Å².